The first-order valence-electron chi connectivity index (χ1n) is 10.7. The minimum atomic E-state index is -0.462. The van der Waals surface area contributed by atoms with Crippen LogP contribution >= 0.6 is 15.9 Å². The molecule has 0 bridgehead atoms. The van der Waals surface area contributed by atoms with Crippen LogP contribution in [0.15, 0.2) is 94.2 Å². The highest BCUT2D eigenvalue weighted by molar-refractivity contribution is 9.10. The number of hydrogen-bond acceptors (Lipinski definition) is 3. The van der Waals surface area contributed by atoms with Gasteiger partial charge in [0.25, 0.3) is 11.5 Å². The van der Waals surface area contributed by atoms with E-state index in [4.69, 9.17) is 4.98 Å². The van der Waals surface area contributed by atoms with Crippen molar-refractivity contribution in [3.05, 3.63) is 117 Å². The van der Waals surface area contributed by atoms with Gasteiger partial charge in [0.15, 0.2) is 0 Å². The van der Waals surface area contributed by atoms with Gasteiger partial charge in [-0.1, -0.05) is 70.5 Å². The number of benzene rings is 4. The second-order valence-corrected chi connectivity index (χ2v) is 9.12. The molecule has 5 nitrogen and oxygen atoms in total. The lowest BCUT2D eigenvalue weighted by Crippen LogP contribution is -2.31. The summed E-state index contributed by atoms with van der Waals surface area (Å²) in [5.74, 6) is 0.313. The molecule has 4 aromatic carbocycles. The van der Waals surface area contributed by atoms with Crippen molar-refractivity contribution < 1.29 is 4.79 Å². The van der Waals surface area contributed by atoms with Gasteiger partial charge in [0, 0.05) is 4.47 Å². The third kappa shape index (κ3) is 3.34. The van der Waals surface area contributed by atoms with Crippen molar-refractivity contribution in [1.82, 2.24) is 14.9 Å². The van der Waals surface area contributed by atoms with Crippen LogP contribution in [0.5, 0.6) is 0 Å². The Morgan fingerprint density at radius 3 is 2.39 bits per heavy atom. The topological polar surface area (TPSA) is 64.0 Å². The molecule has 1 aliphatic heterocycles. The fraction of sp³-hybridized carbons (Fsp3) is 0.0741. The third-order valence-electron chi connectivity index (χ3n) is 6.11. The molecular formula is C27H18BrN3O2. The number of carbonyl (C=O) groups is 1. The fourth-order valence-corrected chi connectivity index (χ4v) is 4.89. The van der Waals surface area contributed by atoms with Gasteiger partial charge in [-0.05, 0) is 53.1 Å². The van der Waals surface area contributed by atoms with Crippen molar-refractivity contribution in [3.63, 3.8) is 0 Å². The van der Waals surface area contributed by atoms with Gasteiger partial charge in [-0.2, -0.15) is 0 Å². The summed E-state index contributed by atoms with van der Waals surface area (Å²) in [7, 11) is 0. The molecule has 6 heteroatoms. The Kier molecular flexibility index (Phi) is 4.62. The predicted molar refractivity (Wildman–Crippen MR) is 133 cm³/mol. The molecule has 1 atom stereocenters. The number of carbonyl (C=O) groups excluding carboxylic acids is 1. The molecular weight excluding hydrogens is 478 g/mol. The van der Waals surface area contributed by atoms with Crippen LogP contribution in [0.25, 0.3) is 27.4 Å². The Hall–Kier alpha value is -3.77. The van der Waals surface area contributed by atoms with Crippen LogP contribution in [0.1, 0.15) is 27.8 Å². The van der Waals surface area contributed by atoms with Crippen LogP contribution < -0.4 is 10.9 Å². The predicted octanol–water partition coefficient (Wildman–Crippen LogP) is 5.33. The van der Waals surface area contributed by atoms with Gasteiger partial charge in [0.2, 0.25) is 0 Å². The van der Waals surface area contributed by atoms with Gasteiger partial charge in [0.05, 0.1) is 28.2 Å². The minimum absolute atomic E-state index is 0.192. The lowest BCUT2D eigenvalue weighted by atomic mass is 10.0. The summed E-state index contributed by atoms with van der Waals surface area (Å²) in [6, 6.07) is 26.5. The van der Waals surface area contributed by atoms with Crippen molar-refractivity contribution in [2.75, 3.05) is 0 Å². The van der Waals surface area contributed by atoms with Crippen LogP contribution in [0.4, 0.5) is 0 Å². The first kappa shape index (κ1) is 19.9. The van der Waals surface area contributed by atoms with Crippen LogP contribution in [0.3, 0.4) is 0 Å². The zero-order valence-corrected chi connectivity index (χ0v) is 19.0. The number of aromatic nitrogens is 2. The molecule has 33 heavy (non-hydrogen) atoms. The van der Waals surface area contributed by atoms with E-state index in [2.05, 4.69) is 21.2 Å². The van der Waals surface area contributed by atoms with Gasteiger partial charge >= 0.3 is 0 Å². The maximum atomic E-state index is 13.8. The van der Waals surface area contributed by atoms with Crippen molar-refractivity contribution in [2.24, 2.45) is 0 Å². The Morgan fingerprint density at radius 2 is 1.61 bits per heavy atom. The molecule has 5 aromatic rings. The van der Waals surface area contributed by atoms with Crippen LogP contribution in [0, 0.1) is 0 Å². The molecule has 0 saturated heterocycles. The third-order valence-corrected chi connectivity index (χ3v) is 6.60. The maximum Gasteiger partial charge on any atom is 0.266 e. The molecule has 0 fully saturated rings. The summed E-state index contributed by atoms with van der Waals surface area (Å²) in [4.78, 5) is 32.2. The van der Waals surface area contributed by atoms with Gasteiger partial charge in [-0.25, -0.2) is 4.98 Å². The summed E-state index contributed by atoms with van der Waals surface area (Å²) in [6.45, 7) is 0. The summed E-state index contributed by atoms with van der Waals surface area (Å²) in [6.07, 6.45) is 0.522. The second-order valence-electron chi connectivity index (χ2n) is 8.20. The maximum absolute atomic E-state index is 13.8. The Balaban J connectivity index is 1.68. The number of rotatable bonds is 2. The quantitative estimate of drug-likeness (QED) is 0.360. The van der Waals surface area contributed by atoms with Gasteiger partial charge in [0.1, 0.15) is 5.82 Å². The minimum Gasteiger partial charge on any atom is -0.342 e. The van der Waals surface area contributed by atoms with Crippen molar-refractivity contribution in [1.29, 1.82) is 0 Å². The zero-order valence-electron chi connectivity index (χ0n) is 17.5. The first-order valence-corrected chi connectivity index (χ1v) is 11.5. The molecule has 6 rings (SSSR count). The summed E-state index contributed by atoms with van der Waals surface area (Å²) in [5, 5.41) is 5.54. The number of hydrogen-bond donors (Lipinski definition) is 1. The SMILES string of the molecule is O=C1NC(Cc2ccccc2)c2nc3ccc(Br)cc3c(=O)n2-c2cc3ccccc3cc21. The molecule has 0 saturated carbocycles. The molecule has 1 amide bonds. The molecule has 0 radical (unpaired) electrons. The molecule has 1 aliphatic rings. The number of halogens is 1. The van der Waals surface area contributed by atoms with Gasteiger partial charge in [-0.3, -0.25) is 14.2 Å². The highest BCUT2D eigenvalue weighted by Gasteiger charge is 2.30. The lowest BCUT2D eigenvalue weighted by molar-refractivity contribution is 0.0938. The standard InChI is InChI=1S/C27H18BrN3O2/c28-19-10-11-22-20(15-19)27(33)31-24-14-18-9-5-4-8-17(18)13-21(24)26(32)30-23(25(31)29-22)12-16-6-2-1-3-7-16/h1-11,13-15,23H,12H2,(H,30,32). The van der Waals surface area contributed by atoms with Crippen LogP contribution in [0.2, 0.25) is 0 Å². The number of amides is 1. The largest absolute Gasteiger partial charge is 0.342 e. The highest BCUT2D eigenvalue weighted by Crippen LogP contribution is 2.30. The summed E-state index contributed by atoms with van der Waals surface area (Å²) < 4.78 is 2.42. The number of nitrogens with one attached hydrogen (secondary N) is 1. The number of fused-ring (bicyclic) bond motifs is 5. The Morgan fingerprint density at radius 1 is 0.879 bits per heavy atom. The van der Waals surface area contributed by atoms with E-state index >= 15 is 0 Å². The van der Waals surface area contributed by atoms with Gasteiger partial charge in [-0.15, -0.1) is 0 Å². The molecule has 0 spiro atoms. The Bertz CT molecular complexity index is 1630. The molecule has 1 aromatic heterocycles. The number of nitrogens with zero attached hydrogens (tertiary/aromatic N) is 2. The lowest BCUT2D eigenvalue weighted by Gasteiger charge is -2.19. The Labute approximate surface area is 197 Å². The van der Waals surface area contributed by atoms with Crippen molar-refractivity contribution >= 4 is 43.5 Å². The van der Waals surface area contributed by atoms with Crippen molar-refractivity contribution in [2.45, 2.75) is 12.5 Å². The smallest absolute Gasteiger partial charge is 0.266 e. The fourth-order valence-electron chi connectivity index (χ4n) is 4.53. The second kappa shape index (κ2) is 7.67. The zero-order chi connectivity index (χ0) is 22.5. The van der Waals surface area contributed by atoms with E-state index in [1.807, 2.05) is 78.9 Å². The van der Waals surface area contributed by atoms with E-state index in [0.717, 1.165) is 20.8 Å². The monoisotopic (exact) mass is 495 g/mol. The van der Waals surface area contributed by atoms with E-state index in [-0.39, 0.29) is 11.5 Å². The van der Waals surface area contributed by atoms with Gasteiger partial charge < -0.3 is 5.32 Å². The molecule has 0 aliphatic carbocycles. The van der Waals surface area contributed by atoms with Crippen LogP contribution in [-0.2, 0) is 6.42 Å². The average molecular weight is 496 g/mol. The molecule has 160 valence electrons. The molecule has 1 unspecified atom stereocenters. The van der Waals surface area contributed by atoms with E-state index in [1.54, 1.807) is 10.6 Å². The molecule has 2 heterocycles. The van der Waals surface area contributed by atoms with E-state index in [9.17, 15) is 9.59 Å². The summed E-state index contributed by atoms with van der Waals surface area (Å²) in [5.41, 5.74) is 2.48. The first-order chi connectivity index (χ1) is 16.1. The van der Waals surface area contributed by atoms with E-state index in [1.165, 1.54) is 0 Å². The van der Waals surface area contributed by atoms with Crippen LogP contribution in [-0.4, -0.2) is 15.5 Å². The average Bonchev–Trinajstić information content (AvgIpc) is 2.94. The highest BCUT2D eigenvalue weighted by atomic mass is 79.9. The normalized spacial score (nSPS) is 15.1. The van der Waals surface area contributed by atoms with E-state index in [0.29, 0.717) is 34.4 Å². The van der Waals surface area contributed by atoms with E-state index < -0.39 is 6.04 Å². The molecule has 1 N–H and O–H groups in total. The van der Waals surface area contributed by atoms with Crippen molar-refractivity contribution in [3.8, 4) is 5.69 Å². The summed E-state index contributed by atoms with van der Waals surface area (Å²) >= 11 is 3.47.